The van der Waals surface area contributed by atoms with Crippen molar-refractivity contribution in [3.63, 3.8) is 0 Å². The van der Waals surface area contributed by atoms with Gasteiger partial charge in [-0.05, 0) is 29.8 Å². The van der Waals surface area contributed by atoms with Gasteiger partial charge in [0.25, 0.3) is 0 Å². The Morgan fingerprint density at radius 2 is 1.62 bits per heavy atom. The molecule has 0 spiro atoms. The number of halogens is 2. The first kappa shape index (κ1) is 10.4. The van der Waals surface area contributed by atoms with Crippen molar-refractivity contribution in [2.75, 3.05) is 0 Å². The largest absolute Gasteiger partial charge is 0.456 e. The van der Waals surface area contributed by atoms with Gasteiger partial charge in [0.2, 0.25) is 0 Å². The molecular formula is C13H8Br2O. The van der Waals surface area contributed by atoms with E-state index < -0.39 is 0 Å². The summed E-state index contributed by atoms with van der Waals surface area (Å²) in [4.78, 5) is 0. The lowest BCUT2D eigenvalue weighted by atomic mass is 10.1. The summed E-state index contributed by atoms with van der Waals surface area (Å²) in [5.41, 5.74) is 3.10. The normalized spacial score (nSPS) is 11.4. The molecule has 0 saturated carbocycles. The molecule has 0 unspecified atom stereocenters. The number of alkyl halides is 1. The van der Waals surface area contributed by atoms with Crippen molar-refractivity contribution in [1.29, 1.82) is 0 Å². The van der Waals surface area contributed by atoms with Crippen LogP contribution in [0.3, 0.4) is 0 Å². The fourth-order valence-electron chi connectivity index (χ4n) is 1.88. The summed E-state index contributed by atoms with van der Waals surface area (Å²) >= 11 is 6.90. The highest BCUT2D eigenvalue weighted by Gasteiger charge is 2.07. The maximum absolute atomic E-state index is 5.82. The zero-order chi connectivity index (χ0) is 11.1. The molecule has 0 amide bonds. The minimum atomic E-state index is 0.851. The van der Waals surface area contributed by atoms with E-state index in [2.05, 4.69) is 56.1 Å². The Bertz CT molecular complexity index is 670. The first-order valence-corrected chi connectivity index (χ1v) is 6.86. The molecule has 16 heavy (non-hydrogen) atoms. The molecule has 0 bridgehead atoms. The Balaban J connectivity index is 2.40. The molecular weight excluding hydrogens is 332 g/mol. The van der Waals surface area contributed by atoms with E-state index in [0.717, 1.165) is 21.0 Å². The fourth-order valence-corrected chi connectivity index (χ4v) is 2.57. The van der Waals surface area contributed by atoms with Crippen LogP contribution in [-0.2, 0) is 5.33 Å². The molecule has 1 nitrogen and oxygen atoms in total. The van der Waals surface area contributed by atoms with E-state index in [1.807, 2.05) is 12.1 Å². The van der Waals surface area contributed by atoms with E-state index in [1.165, 1.54) is 16.3 Å². The second kappa shape index (κ2) is 3.90. The lowest BCUT2D eigenvalue weighted by Crippen LogP contribution is -1.74. The Kier molecular flexibility index (Phi) is 2.52. The van der Waals surface area contributed by atoms with E-state index in [0.29, 0.717) is 0 Å². The molecule has 0 saturated heterocycles. The highest BCUT2D eigenvalue weighted by molar-refractivity contribution is 9.10. The molecule has 2 aromatic carbocycles. The third-order valence-corrected chi connectivity index (χ3v) is 3.79. The van der Waals surface area contributed by atoms with Gasteiger partial charge in [-0.25, -0.2) is 0 Å². The standard InChI is InChI=1S/C13H8Br2O/c14-7-8-1-3-10-11-4-2-9(15)6-13(11)16-12(10)5-8/h1-6H,7H2. The molecule has 3 aromatic rings. The zero-order valence-electron chi connectivity index (χ0n) is 8.34. The van der Waals surface area contributed by atoms with Crippen LogP contribution in [0.4, 0.5) is 0 Å². The summed E-state index contributed by atoms with van der Waals surface area (Å²) < 4.78 is 6.87. The third kappa shape index (κ3) is 1.59. The van der Waals surface area contributed by atoms with Crippen LogP contribution in [0.2, 0.25) is 0 Å². The summed E-state index contributed by atoms with van der Waals surface area (Å²) in [5, 5.41) is 3.19. The Labute approximate surface area is 110 Å². The van der Waals surface area contributed by atoms with E-state index in [-0.39, 0.29) is 0 Å². The molecule has 1 aromatic heterocycles. The maximum atomic E-state index is 5.82. The molecule has 0 atom stereocenters. The quantitative estimate of drug-likeness (QED) is 0.552. The van der Waals surface area contributed by atoms with Crippen LogP contribution in [0.25, 0.3) is 21.9 Å². The second-order valence-electron chi connectivity index (χ2n) is 3.71. The second-order valence-corrected chi connectivity index (χ2v) is 5.18. The lowest BCUT2D eigenvalue weighted by molar-refractivity contribution is 0.668. The van der Waals surface area contributed by atoms with Crippen LogP contribution in [0.5, 0.6) is 0 Å². The Morgan fingerprint density at radius 3 is 2.38 bits per heavy atom. The molecule has 3 rings (SSSR count). The number of furan rings is 1. The zero-order valence-corrected chi connectivity index (χ0v) is 11.5. The van der Waals surface area contributed by atoms with Gasteiger partial charge >= 0.3 is 0 Å². The van der Waals surface area contributed by atoms with Crippen LogP contribution < -0.4 is 0 Å². The van der Waals surface area contributed by atoms with Crippen molar-refractivity contribution in [2.24, 2.45) is 0 Å². The van der Waals surface area contributed by atoms with Crippen molar-refractivity contribution in [2.45, 2.75) is 5.33 Å². The van der Waals surface area contributed by atoms with Gasteiger partial charge in [0.15, 0.2) is 0 Å². The topological polar surface area (TPSA) is 13.1 Å². The minimum absolute atomic E-state index is 0.851. The molecule has 0 N–H and O–H groups in total. The van der Waals surface area contributed by atoms with E-state index in [1.54, 1.807) is 0 Å². The Morgan fingerprint density at radius 1 is 0.938 bits per heavy atom. The predicted octanol–water partition coefficient (Wildman–Crippen LogP) is 5.24. The van der Waals surface area contributed by atoms with Crippen molar-refractivity contribution < 1.29 is 4.42 Å². The smallest absolute Gasteiger partial charge is 0.136 e. The summed E-state index contributed by atoms with van der Waals surface area (Å²) in [6.45, 7) is 0. The van der Waals surface area contributed by atoms with Crippen molar-refractivity contribution >= 4 is 53.8 Å². The molecule has 0 aliphatic heterocycles. The van der Waals surface area contributed by atoms with Crippen molar-refractivity contribution in [3.05, 3.63) is 46.4 Å². The fraction of sp³-hybridized carbons (Fsp3) is 0.0769. The van der Waals surface area contributed by atoms with E-state index in [4.69, 9.17) is 4.42 Å². The van der Waals surface area contributed by atoms with Gasteiger partial charge < -0.3 is 4.42 Å². The first-order valence-electron chi connectivity index (χ1n) is 4.94. The lowest BCUT2D eigenvalue weighted by Gasteiger charge is -1.93. The average Bonchev–Trinajstić information content (AvgIpc) is 2.64. The highest BCUT2D eigenvalue weighted by Crippen LogP contribution is 2.31. The van der Waals surface area contributed by atoms with Crippen LogP contribution in [0, 0.1) is 0 Å². The molecule has 1 heterocycles. The van der Waals surface area contributed by atoms with Crippen LogP contribution in [0.1, 0.15) is 5.56 Å². The minimum Gasteiger partial charge on any atom is -0.456 e. The highest BCUT2D eigenvalue weighted by atomic mass is 79.9. The maximum Gasteiger partial charge on any atom is 0.136 e. The summed E-state index contributed by atoms with van der Waals surface area (Å²) in [6.07, 6.45) is 0. The van der Waals surface area contributed by atoms with Gasteiger partial charge in [-0.1, -0.05) is 44.0 Å². The number of hydrogen-bond acceptors (Lipinski definition) is 1. The van der Waals surface area contributed by atoms with Crippen LogP contribution in [0.15, 0.2) is 45.3 Å². The van der Waals surface area contributed by atoms with Gasteiger partial charge in [-0.2, -0.15) is 0 Å². The summed E-state index contributed by atoms with van der Waals surface area (Å²) in [6, 6.07) is 12.4. The molecule has 0 aliphatic carbocycles. The van der Waals surface area contributed by atoms with Gasteiger partial charge in [0.05, 0.1) is 0 Å². The van der Waals surface area contributed by atoms with Gasteiger partial charge in [0.1, 0.15) is 11.2 Å². The molecule has 3 heteroatoms. The van der Waals surface area contributed by atoms with Crippen LogP contribution >= 0.6 is 31.9 Å². The van der Waals surface area contributed by atoms with Gasteiger partial charge in [-0.3, -0.25) is 0 Å². The van der Waals surface area contributed by atoms with Crippen LogP contribution in [-0.4, -0.2) is 0 Å². The summed E-state index contributed by atoms with van der Waals surface area (Å²) in [7, 11) is 0. The number of rotatable bonds is 1. The monoisotopic (exact) mass is 338 g/mol. The molecule has 0 aliphatic rings. The first-order chi connectivity index (χ1) is 7.78. The van der Waals surface area contributed by atoms with Gasteiger partial charge in [0, 0.05) is 20.6 Å². The Hall–Kier alpha value is -0.800. The molecule has 0 fully saturated rings. The predicted molar refractivity (Wildman–Crippen MR) is 74.1 cm³/mol. The van der Waals surface area contributed by atoms with Crippen molar-refractivity contribution in [1.82, 2.24) is 0 Å². The molecule has 80 valence electrons. The van der Waals surface area contributed by atoms with E-state index in [9.17, 15) is 0 Å². The molecule has 0 radical (unpaired) electrons. The number of benzene rings is 2. The average molecular weight is 340 g/mol. The summed E-state index contributed by atoms with van der Waals surface area (Å²) in [5.74, 6) is 0. The van der Waals surface area contributed by atoms with Gasteiger partial charge in [-0.15, -0.1) is 0 Å². The SMILES string of the molecule is BrCc1ccc2c(c1)oc1cc(Br)ccc12. The third-order valence-electron chi connectivity index (χ3n) is 2.65. The number of hydrogen-bond donors (Lipinski definition) is 0. The van der Waals surface area contributed by atoms with Crippen molar-refractivity contribution in [3.8, 4) is 0 Å². The van der Waals surface area contributed by atoms with E-state index >= 15 is 0 Å². The number of fused-ring (bicyclic) bond motifs is 3.